The first-order chi connectivity index (χ1) is 13.3. The van der Waals surface area contributed by atoms with Crippen molar-refractivity contribution in [2.24, 2.45) is 0 Å². The topological polar surface area (TPSA) is 72.7 Å². The number of anilines is 2. The predicted molar refractivity (Wildman–Crippen MR) is 110 cm³/mol. The fourth-order valence-corrected chi connectivity index (χ4v) is 3.54. The highest BCUT2D eigenvalue weighted by Gasteiger charge is 2.32. The van der Waals surface area contributed by atoms with Crippen LogP contribution < -0.4 is 9.64 Å². The van der Waals surface area contributed by atoms with Gasteiger partial charge in [-0.15, -0.1) is 0 Å². The van der Waals surface area contributed by atoms with Crippen molar-refractivity contribution in [2.75, 3.05) is 4.90 Å². The van der Waals surface area contributed by atoms with E-state index in [2.05, 4.69) is 0 Å². The highest BCUT2D eigenvalue weighted by molar-refractivity contribution is 14.1. The van der Waals surface area contributed by atoms with Gasteiger partial charge in [0.05, 0.1) is 27.9 Å². The number of nitro groups is 1. The third-order valence-electron chi connectivity index (χ3n) is 4.14. The van der Waals surface area contributed by atoms with E-state index in [1.807, 2.05) is 22.6 Å². The van der Waals surface area contributed by atoms with Gasteiger partial charge in [0, 0.05) is 14.7 Å². The third kappa shape index (κ3) is 3.18. The smallest absolute Gasteiger partial charge is 0.273 e. The Kier molecular flexibility index (Phi) is 4.68. The van der Waals surface area contributed by atoms with Crippen molar-refractivity contribution in [3.63, 3.8) is 0 Å². The molecule has 0 fully saturated rings. The molecule has 1 aliphatic rings. The molecule has 140 valence electrons. The Hall–Kier alpha value is -2.72. The number of rotatable bonds is 2. The zero-order valence-corrected chi connectivity index (χ0v) is 16.8. The molecule has 28 heavy (non-hydrogen) atoms. The number of amides is 1. The molecule has 0 spiro atoms. The average molecular weight is 511 g/mol. The van der Waals surface area contributed by atoms with Gasteiger partial charge in [0.2, 0.25) is 0 Å². The van der Waals surface area contributed by atoms with Gasteiger partial charge in [0.1, 0.15) is 11.6 Å². The first kappa shape index (κ1) is 18.6. The number of nitrogens with zero attached hydrogens (tertiary/aromatic N) is 2. The van der Waals surface area contributed by atoms with Crippen molar-refractivity contribution >= 4 is 57.2 Å². The number of ether oxygens (including phenoxy) is 1. The van der Waals surface area contributed by atoms with Crippen LogP contribution in [-0.2, 0) is 0 Å². The van der Waals surface area contributed by atoms with E-state index in [0.29, 0.717) is 0 Å². The number of fused-ring (bicyclic) bond motifs is 2. The Bertz CT molecular complexity index is 1150. The summed E-state index contributed by atoms with van der Waals surface area (Å²) < 4.78 is 21.3. The molecular weight excluding hydrogens is 502 g/mol. The van der Waals surface area contributed by atoms with Gasteiger partial charge in [-0.05, 0) is 65.1 Å². The van der Waals surface area contributed by atoms with Crippen LogP contribution in [0.2, 0.25) is 5.02 Å². The van der Waals surface area contributed by atoms with Crippen LogP contribution in [0, 0.1) is 19.5 Å². The Labute approximate surface area is 176 Å². The minimum absolute atomic E-state index is 0.0418. The van der Waals surface area contributed by atoms with Crippen LogP contribution in [0.4, 0.5) is 21.5 Å². The number of halogens is 3. The zero-order valence-electron chi connectivity index (χ0n) is 13.9. The second kappa shape index (κ2) is 7.02. The Balaban J connectivity index is 2.00. The van der Waals surface area contributed by atoms with Crippen molar-refractivity contribution in [3.05, 3.63) is 84.7 Å². The molecule has 0 unspecified atom stereocenters. The number of hydrogen-bond donors (Lipinski definition) is 0. The molecule has 0 bridgehead atoms. The van der Waals surface area contributed by atoms with Crippen LogP contribution in [0.1, 0.15) is 10.4 Å². The summed E-state index contributed by atoms with van der Waals surface area (Å²) in [7, 11) is 0. The van der Waals surface area contributed by atoms with Gasteiger partial charge in [0.15, 0.2) is 5.75 Å². The molecule has 9 heteroatoms. The van der Waals surface area contributed by atoms with Crippen molar-refractivity contribution in [1.29, 1.82) is 0 Å². The van der Waals surface area contributed by atoms with E-state index < -0.39 is 16.6 Å². The molecule has 3 aromatic carbocycles. The highest BCUT2D eigenvalue weighted by atomic mass is 127. The molecule has 0 aromatic heterocycles. The lowest BCUT2D eigenvalue weighted by Gasteiger charge is -2.22. The van der Waals surface area contributed by atoms with Gasteiger partial charge in [-0.25, -0.2) is 4.39 Å². The average Bonchev–Trinajstić information content (AvgIpc) is 2.76. The summed E-state index contributed by atoms with van der Waals surface area (Å²) in [6.07, 6.45) is 0. The van der Waals surface area contributed by atoms with Gasteiger partial charge < -0.3 is 4.74 Å². The summed E-state index contributed by atoms with van der Waals surface area (Å²) in [6.45, 7) is 0. The van der Waals surface area contributed by atoms with Crippen LogP contribution >= 0.6 is 34.2 Å². The number of carbonyl (C=O) groups excluding carboxylic acids is 1. The molecule has 0 saturated heterocycles. The molecule has 1 aliphatic heterocycles. The van der Waals surface area contributed by atoms with Crippen molar-refractivity contribution < 1.29 is 18.8 Å². The molecule has 0 aliphatic carbocycles. The van der Waals surface area contributed by atoms with Crippen molar-refractivity contribution in [1.82, 2.24) is 0 Å². The summed E-state index contributed by atoms with van der Waals surface area (Å²) in [5.74, 6) is -0.942. The van der Waals surface area contributed by atoms with Crippen LogP contribution in [0.25, 0.3) is 0 Å². The normalized spacial score (nSPS) is 12.7. The molecule has 4 rings (SSSR count). The van der Waals surface area contributed by atoms with E-state index in [9.17, 15) is 19.3 Å². The van der Waals surface area contributed by atoms with Crippen molar-refractivity contribution in [2.45, 2.75) is 0 Å². The number of nitro benzene ring substituents is 1. The summed E-state index contributed by atoms with van der Waals surface area (Å²) in [4.78, 5) is 25.0. The van der Waals surface area contributed by atoms with Crippen LogP contribution in [0.5, 0.6) is 11.5 Å². The summed E-state index contributed by atoms with van der Waals surface area (Å²) in [5.41, 5.74) is 0.139. The molecule has 0 saturated carbocycles. The SMILES string of the molecule is O=C1c2cc(I)ccc2Oc2cc([N+](=O)[O-])ccc2N1c1ccc(Cl)cc1F. The van der Waals surface area contributed by atoms with Gasteiger partial charge >= 0.3 is 0 Å². The number of benzene rings is 3. The first-order valence-electron chi connectivity index (χ1n) is 7.90. The van der Waals surface area contributed by atoms with Crippen LogP contribution in [-0.4, -0.2) is 10.8 Å². The zero-order chi connectivity index (χ0) is 20.0. The molecular formula is C19H9ClFIN2O4. The highest BCUT2D eigenvalue weighted by Crippen LogP contribution is 2.45. The molecule has 0 atom stereocenters. The summed E-state index contributed by atoms with van der Waals surface area (Å²) >= 11 is 7.89. The van der Waals surface area contributed by atoms with E-state index >= 15 is 0 Å². The molecule has 1 heterocycles. The fourth-order valence-electron chi connectivity index (χ4n) is 2.89. The summed E-state index contributed by atoms with van der Waals surface area (Å²) in [6, 6.07) is 12.7. The lowest BCUT2D eigenvalue weighted by molar-refractivity contribution is -0.384. The Morgan fingerprint density at radius 3 is 2.50 bits per heavy atom. The quantitative estimate of drug-likeness (QED) is 0.238. The van der Waals surface area contributed by atoms with Crippen LogP contribution in [0.3, 0.4) is 0 Å². The molecule has 1 amide bonds. The maximum absolute atomic E-state index is 14.7. The molecule has 3 aromatic rings. The van der Waals surface area contributed by atoms with Gasteiger partial charge in [-0.1, -0.05) is 11.6 Å². The minimum atomic E-state index is -0.709. The minimum Gasteiger partial charge on any atom is -0.454 e. The molecule has 0 N–H and O–H groups in total. The van der Waals surface area contributed by atoms with E-state index in [0.717, 1.165) is 14.5 Å². The summed E-state index contributed by atoms with van der Waals surface area (Å²) in [5, 5.41) is 11.3. The molecule has 0 radical (unpaired) electrons. The third-order valence-corrected chi connectivity index (χ3v) is 5.05. The van der Waals surface area contributed by atoms with Crippen LogP contribution in [0.15, 0.2) is 54.6 Å². The van der Waals surface area contributed by atoms with Crippen molar-refractivity contribution in [3.8, 4) is 11.5 Å². The standard InChI is InChI=1S/C19H9ClFIN2O4/c20-10-1-4-15(14(21)7-10)23-16-5-3-12(24(26)27)9-18(16)28-17-6-2-11(22)8-13(17)19(23)25/h1-9H. The van der Waals surface area contributed by atoms with Gasteiger partial charge in [-0.2, -0.15) is 0 Å². The Morgan fingerprint density at radius 1 is 1.04 bits per heavy atom. The van der Waals surface area contributed by atoms with E-state index in [4.69, 9.17) is 16.3 Å². The number of carbonyl (C=O) groups is 1. The lowest BCUT2D eigenvalue weighted by Crippen LogP contribution is -2.26. The van der Waals surface area contributed by atoms with Gasteiger partial charge in [-0.3, -0.25) is 19.8 Å². The number of hydrogen-bond acceptors (Lipinski definition) is 4. The lowest BCUT2D eigenvalue weighted by atomic mass is 10.1. The monoisotopic (exact) mass is 510 g/mol. The predicted octanol–water partition coefficient (Wildman–Crippen LogP) is 6.08. The second-order valence-corrected chi connectivity index (χ2v) is 7.57. The maximum Gasteiger partial charge on any atom is 0.273 e. The van der Waals surface area contributed by atoms with E-state index in [-0.39, 0.29) is 39.1 Å². The Morgan fingerprint density at radius 2 is 1.79 bits per heavy atom. The second-order valence-electron chi connectivity index (χ2n) is 5.89. The first-order valence-corrected chi connectivity index (χ1v) is 9.36. The largest absolute Gasteiger partial charge is 0.454 e. The van der Waals surface area contributed by atoms with E-state index in [1.165, 1.54) is 30.3 Å². The molecule has 6 nitrogen and oxygen atoms in total. The number of non-ortho nitro benzene ring substituents is 1. The van der Waals surface area contributed by atoms with Gasteiger partial charge in [0.25, 0.3) is 11.6 Å². The maximum atomic E-state index is 14.7. The van der Waals surface area contributed by atoms with E-state index in [1.54, 1.807) is 18.2 Å². The fraction of sp³-hybridized carbons (Fsp3) is 0.